The normalized spacial score (nSPS) is 10.6. The van der Waals surface area contributed by atoms with Crippen LogP contribution in [-0.2, 0) is 0 Å². The SMILES string of the molecule is Cc1ccc(C)n1-c1ccc(Oc2ccccc2)c(N)c1. The average Bonchev–Trinajstić information content (AvgIpc) is 2.82. The van der Waals surface area contributed by atoms with E-state index in [0.29, 0.717) is 11.4 Å². The van der Waals surface area contributed by atoms with Gasteiger partial charge in [-0.1, -0.05) is 18.2 Å². The lowest BCUT2D eigenvalue weighted by atomic mass is 10.2. The van der Waals surface area contributed by atoms with E-state index in [9.17, 15) is 0 Å². The van der Waals surface area contributed by atoms with Crippen LogP contribution in [0.3, 0.4) is 0 Å². The second-order valence-corrected chi connectivity index (χ2v) is 5.09. The van der Waals surface area contributed by atoms with Gasteiger partial charge in [-0.25, -0.2) is 0 Å². The van der Waals surface area contributed by atoms with Crippen LogP contribution in [0.2, 0.25) is 0 Å². The third-order valence-corrected chi connectivity index (χ3v) is 3.49. The molecule has 2 aromatic carbocycles. The minimum absolute atomic E-state index is 0.629. The van der Waals surface area contributed by atoms with Crippen molar-refractivity contribution in [2.24, 2.45) is 0 Å². The van der Waals surface area contributed by atoms with Gasteiger partial charge in [0.25, 0.3) is 0 Å². The molecule has 3 rings (SSSR count). The van der Waals surface area contributed by atoms with Gasteiger partial charge >= 0.3 is 0 Å². The van der Waals surface area contributed by atoms with Gasteiger partial charge in [0.1, 0.15) is 11.5 Å². The van der Waals surface area contributed by atoms with E-state index in [1.807, 2.05) is 48.5 Å². The molecular formula is C18H18N2O. The van der Waals surface area contributed by atoms with Gasteiger partial charge in [-0.3, -0.25) is 0 Å². The van der Waals surface area contributed by atoms with Crippen LogP contribution in [0, 0.1) is 13.8 Å². The first-order valence-electron chi connectivity index (χ1n) is 6.93. The molecule has 3 heteroatoms. The van der Waals surface area contributed by atoms with Gasteiger partial charge in [-0.15, -0.1) is 0 Å². The first kappa shape index (κ1) is 13.3. The number of rotatable bonds is 3. The molecule has 1 aromatic heterocycles. The summed E-state index contributed by atoms with van der Waals surface area (Å²) >= 11 is 0. The molecule has 0 atom stereocenters. The zero-order chi connectivity index (χ0) is 14.8. The van der Waals surface area contributed by atoms with Crippen LogP contribution in [-0.4, -0.2) is 4.57 Å². The van der Waals surface area contributed by atoms with E-state index in [4.69, 9.17) is 10.5 Å². The molecule has 0 unspecified atom stereocenters. The van der Waals surface area contributed by atoms with Crippen LogP contribution in [0.5, 0.6) is 11.5 Å². The number of aromatic nitrogens is 1. The maximum absolute atomic E-state index is 6.14. The molecule has 3 aromatic rings. The minimum Gasteiger partial charge on any atom is -0.455 e. The lowest BCUT2D eigenvalue weighted by Crippen LogP contribution is -2.00. The van der Waals surface area contributed by atoms with Gasteiger partial charge in [0.05, 0.1) is 5.69 Å². The number of benzene rings is 2. The number of anilines is 1. The number of hydrogen-bond acceptors (Lipinski definition) is 2. The number of para-hydroxylation sites is 1. The quantitative estimate of drug-likeness (QED) is 0.718. The largest absolute Gasteiger partial charge is 0.455 e. The minimum atomic E-state index is 0.629. The molecule has 1 heterocycles. The van der Waals surface area contributed by atoms with E-state index in [0.717, 1.165) is 11.4 Å². The summed E-state index contributed by atoms with van der Waals surface area (Å²) in [7, 11) is 0. The van der Waals surface area contributed by atoms with Gasteiger partial charge in [-0.2, -0.15) is 0 Å². The van der Waals surface area contributed by atoms with Crippen molar-refractivity contribution in [1.82, 2.24) is 4.57 Å². The second-order valence-electron chi connectivity index (χ2n) is 5.09. The first-order chi connectivity index (χ1) is 10.1. The molecule has 0 aliphatic rings. The Morgan fingerprint density at radius 3 is 2.14 bits per heavy atom. The van der Waals surface area contributed by atoms with E-state index in [1.54, 1.807) is 0 Å². The lowest BCUT2D eigenvalue weighted by molar-refractivity contribution is 0.485. The number of aryl methyl sites for hydroxylation is 2. The van der Waals surface area contributed by atoms with E-state index in [1.165, 1.54) is 11.4 Å². The summed E-state index contributed by atoms with van der Waals surface area (Å²) in [4.78, 5) is 0. The number of nitrogen functional groups attached to an aromatic ring is 1. The predicted molar refractivity (Wildman–Crippen MR) is 86.2 cm³/mol. The second kappa shape index (κ2) is 5.37. The van der Waals surface area contributed by atoms with E-state index in [-0.39, 0.29) is 0 Å². The molecule has 21 heavy (non-hydrogen) atoms. The molecule has 0 spiro atoms. The highest BCUT2D eigenvalue weighted by Crippen LogP contribution is 2.30. The summed E-state index contributed by atoms with van der Waals surface area (Å²) in [6.07, 6.45) is 0. The fraction of sp³-hybridized carbons (Fsp3) is 0.111. The zero-order valence-corrected chi connectivity index (χ0v) is 12.2. The maximum Gasteiger partial charge on any atom is 0.150 e. The highest BCUT2D eigenvalue weighted by atomic mass is 16.5. The number of nitrogens with two attached hydrogens (primary N) is 1. The highest BCUT2D eigenvalue weighted by molar-refractivity contribution is 5.60. The van der Waals surface area contributed by atoms with Crippen LogP contribution in [0.15, 0.2) is 60.7 Å². The molecule has 0 aliphatic heterocycles. The van der Waals surface area contributed by atoms with Gasteiger partial charge in [0.2, 0.25) is 0 Å². The summed E-state index contributed by atoms with van der Waals surface area (Å²) in [6.45, 7) is 4.16. The van der Waals surface area contributed by atoms with Crippen LogP contribution >= 0.6 is 0 Å². The van der Waals surface area contributed by atoms with E-state index < -0.39 is 0 Å². The van der Waals surface area contributed by atoms with Crippen molar-refractivity contribution < 1.29 is 4.74 Å². The Morgan fingerprint density at radius 2 is 1.52 bits per heavy atom. The summed E-state index contributed by atoms with van der Waals surface area (Å²) in [5.74, 6) is 1.46. The molecule has 0 amide bonds. The standard InChI is InChI=1S/C18H18N2O/c1-13-8-9-14(2)20(13)15-10-11-18(17(19)12-15)21-16-6-4-3-5-7-16/h3-12H,19H2,1-2H3. The molecule has 0 saturated heterocycles. The molecular weight excluding hydrogens is 260 g/mol. The molecule has 2 N–H and O–H groups in total. The summed E-state index contributed by atoms with van der Waals surface area (Å²) in [5.41, 5.74) is 10.2. The van der Waals surface area contributed by atoms with Crippen molar-refractivity contribution in [1.29, 1.82) is 0 Å². The van der Waals surface area contributed by atoms with Gasteiger partial charge in [-0.05, 0) is 56.3 Å². The van der Waals surface area contributed by atoms with Crippen LogP contribution in [0.4, 0.5) is 5.69 Å². The Hall–Kier alpha value is -2.68. The topological polar surface area (TPSA) is 40.2 Å². The Labute approximate surface area is 124 Å². The Bertz CT molecular complexity index is 741. The Morgan fingerprint density at radius 1 is 0.857 bits per heavy atom. The number of ether oxygens (including phenoxy) is 1. The molecule has 3 nitrogen and oxygen atoms in total. The van der Waals surface area contributed by atoms with Crippen LogP contribution in [0.1, 0.15) is 11.4 Å². The summed E-state index contributed by atoms with van der Waals surface area (Å²) in [5, 5.41) is 0. The first-order valence-corrected chi connectivity index (χ1v) is 6.93. The van der Waals surface area contributed by atoms with Crippen molar-refractivity contribution in [3.05, 3.63) is 72.1 Å². The van der Waals surface area contributed by atoms with Crippen LogP contribution in [0.25, 0.3) is 5.69 Å². The predicted octanol–water partition coefficient (Wildman–Crippen LogP) is 4.47. The number of nitrogens with zero attached hydrogens (tertiary/aromatic N) is 1. The molecule has 0 aliphatic carbocycles. The Kier molecular flexibility index (Phi) is 3.40. The third kappa shape index (κ3) is 2.63. The summed E-state index contributed by atoms with van der Waals surface area (Å²) < 4.78 is 7.98. The number of hydrogen-bond donors (Lipinski definition) is 1. The Balaban J connectivity index is 1.94. The smallest absolute Gasteiger partial charge is 0.150 e. The summed E-state index contributed by atoms with van der Waals surface area (Å²) in [6, 6.07) is 19.7. The van der Waals surface area contributed by atoms with Gasteiger partial charge in [0.15, 0.2) is 0 Å². The lowest BCUT2D eigenvalue weighted by Gasteiger charge is -2.13. The highest BCUT2D eigenvalue weighted by Gasteiger charge is 2.08. The fourth-order valence-corrected chi connectivity index (χ4v) is 2.46. The molecule has 0 radical (unpaired) electrons. The van der Waals surface area contributed by atoms with Crippen molar-refractivity contribution in [3.63, 3.8) is 0 Å². The third-order valence-electron chi connectivity index (χ3n) is 3.49. The van der Waals surface area contributed by atoms with E-state index >= 15 is 0 Å². The zero-order valence-electron chi connectivity index (χ0n) is 12.2. The maximum atomic E-state index is 6.14. The van der Waals surface area contributed by atoms with Crippen molar-refractivity contribution in [2.75, 3.05) is 5.73 Å². The molecule has 0 saturated carbocycles. The molecule has 106 valence electrons. The van der Waals surface area contributed by atoms with E-state index in [2.05, 4.69) is 30.5 Å². The average molecular weight is 278 g/mol. The monoisotopic (exact) mass is 278 g/mol. The van der Waals surface area contributed by atoms with Crippen molar-refractivity contribution in [3.8, 4) is 17.2 Å². The molecule has 0 fully saturated rings. The van der Waals surface area contributed by atoms with Crippen molar-refractivity contribution >= 4 is 5.69 Å². The molecule has 0 bridgehead atoms. The van der Waals surface area contributed by atoms with Crippen LogP contribution < -0.4 is 10.5 Å². The fourth-order valence-electron chi connectivity index (χ4n) is 2.46. The van der Waals surface area contributed by atoms with Gasteiger partial charge < -0.3 is 15.0 Å². The van der Waals surface area contributed by atoms with Gasteiger partial charge in [0, 0.05) is 17.1 Å². The van der Waals surface area contributed by atoms with Crippen molar-refractivity contribution in [2.45, 2.75) is 13.8 Å².